The van der Waals surface area contributed by atoms with Crippen LogP contribution < -0.4 is 10.2 Å². The molecule has 3 N–H and O–H groups in total. The van der Waals surface area contributed by atoms with Gasteiger partial charge < -0.3 is 0 Å². The van der Waals surface area contributed by atoms with E-state index in [1.165, 1.54) is 5.48 Å². The summed E-state index contributed by atoms with van der Waals surface area (Å²) in [5.74, 6) is -1.13. The average molecular weight is 370 g/mol. The summed E-state index contributed by atoms with van der Waals surface area (Å²) in [6.45, 7) is 0. The zero-order valence-corrected chi connectivity index (χ0v) is 14.6. The third kappa shape index (κ3) is 4.26. The highest BCUT2D eigenvalue weighted by atomic mass is 32.2. The number of hydrogen-bond acceptors (Lipinski definition) is 4. The van der Waals surface area contributed by atoms with E-state index in [0.717, 1.165) is 10.8 Å². The van der Waals surface area contributed by atoms with Gasteiger partial charge in [0.15, 0.2) is 0 Å². The van der Waals surface area contributed by atoms with Gasteiger partial charge in [-0.25, -0.2) is 13.9 Å². The zero-order valence-electron chi connectivity index (χ0n) is 13.8. The summed E-state index contributed by atoms with van der Waals surface area (Å²) in [4.78, 5) is 11.9. The van der Waals surface area contributed by atoms with Crippen molar-refractivity contribution in [1.82, 2.24) is 10.2 Å². The first-order valence-electron chi connectivity index (χ1n) is 7.95. The maximum Gasteiger partial charge on any atom is 0.266 e. The van der Waals surface area contributed by atoms with E-state index in [9.17, 15) is 13.2 Å². The summed E-state index contributed by atoms with van der Waals surface area (Å²) in [5.41, 5.74) is 2.54. The lowest BCUT2D eigenvalue weighted by atomic mass is 10.1. The van der Waals surface area contributed by atoms with Gasteiger partial charge in [0.1, 0.15) is 6.04 Å². The van der Waals surface area contributed by atoms with Crippen molar-refractivity contribution in [1.29, 1.82) is 0 Å². The fourth-order valence-electron chi connectivity index (χ4n) is 2.75. The van der Waals surface area contributed by atoms with Crippen LogP contribution in [-0.2, 0) is 20.6 Å². The number of amides is 1. The van der Waals surface area contributed by atoms with Crippen LogP contribution in [0.25, 0.3) is 10.8 Å². The van der Waals surface area contributed by atoms with Crippen LogP contribution in [0.2, 0.25) is 0 Å². The van der Waals surface area contributed by atoms with Gasteiger partial charge in [0.05, 0.1) is 5.75 Å². The highest BCUT2D eigenvalue weighted by molar-refractivity contribution is 7.88. The predicted molar refractivity (Wildman–Crippen MR) is 98.8 cm³/mol. The van der Waals surface area contributed by atoms with Gasteiger partial charge in [0.25, 0.3) is 5.91 Å². The van der Waals surface area contributed by atoms with Crippen molar-refractivity contribution in [2.45, 2.75) is 11.8 Å². The first kappa shape index (κ1) is 18.1. The van der Waals surface area contributed by atoms with E-state index < -0.39 is 22.0 Å². The van der Waals surface area contributed by atoms with Crippen LogP contribution in [0.5, 0.6) is 0 Å². The number of benzene rings is 3. The van der Waals surface area contributed by atoms with E-state index in [4.69, 9.17) is 5.21 Å². The number of hydrogen-bond donors (Lipinski definition) is 3. The molecular formula is C19H18N2O4S. The number of hydroxylamine groups is 1. The fraction of sp³-hybridized carbons (Fsp3) is 0.105. The van der Waals surface area contributed by atoms with Crippen molar-refractivity contribution in [3.8, 4) is 0 Å². The molecule has 0 fully saturated rings. The molecule has 0 aliphatic carbocycles. The Hall–Kier alpha value is -2.74. The molecule has 0 saturated heterocycles. The quantitative estimate of drug-likeness (QED) is 0.459. The molecule has 0 saturated carbocycles. The highest BCUT2D eigenvalue weighted by Gasteiger charge is 2.26. The Balaban J connectivity index is 1.84. The third-order valence-electron chi connectivity index (χ3n) is 3.97. The van der Waals surface area contributed by atoms with Crippen LogP contribution in [0.3, 0.4) is 0 Å². The molecule has 1 unspecified atom stereocenters. The minimum Gasteiger partial charge on any atom is -0.289 e. The summed E-state index contributed by atoms with van der Waals surface area (Å²) < 4.78 is 27.5. The molecule has 6 nitrogen and oxygen atoms in total. The van der Waals surface area contributed by atoms with Crippen molar-refractivity contribution in [3.05, 3.63) is 83.9 Å². The van der Waals surface area contributed by atoms with Crippen LogP contribution in [0, 0.1) is 0 Å². The number of rotatable bonds is 6. The van der Waals surface area contributed by atoms with Gasteiger partial charge in [-0.05, 0) is 21.9 Å². The fourth-order valence-corrected chi connectivity index (χ4v) is 4.06. The normalized spacial score (nSPS) is 12.7. The van der Waals surface area contributed by atoms with Gasteiger partial charge in [-0.2, -0.15) is 4.72 Å². The lowest BCUT2D eigenvalue weighted by molar-refractivity contribution is -0.131. The van der Waals surface area contributed by atoms with E-state index >= 15 is 0 Å². The van der Waals surface area contributed by atoms with Gasteiger partial charge in [-0.1, -0.05) is 72.8 Å². The Morgan fingerprint density at radius 2 is 1.58 bits per heavy atom. The van der Waals surface area contributed by atoms with Crippen LogP contribution >= 0.6 is 0 Å². The molecule has 3 aromatic carbocycles. The van der Waals surface area contributed by atoms with Gasteiger partial charge in [0.2, 0.25) is 10.0 Å². The Labute approximate surface area is 151 Å². The Bertz CT molecular complexity index is 1020. The van der Waals surface area contributed by atoms with Gasteiger partial charge in [-0.3, -0.25) is 10.0 Å². The monoisotopic (exact) mass is 370 g/mol. The summed E-state index contributed by atoms with van der Waals surface area (Å²) in [7, 11) is -3.83. The molecule has 0 heterocycles. The van der Waals surface area contributed by atoms with Crippen LogP contribution in [0.15, 0.2) is 72.8 Å². The second-order valence-corrected chi connectivity index (χ2v) is 7.63. The van der Waals surface area contributed by atoms with Gasteiger partial charge in [0, 0.05) is 0 Å². The van der Waals surface area contributed by atoms with Crippen molar-refractivity contribution in [2.24, 2.45) is 0 Å². The SMILES string of the molecule is O=C(NO)C(NS(=O)(=O)Cc1ccc2ccccc2c1)c1ccccc1. The second-order valence-electron chi connectivity index (χ2n) is 5.88. The van der Waals surface area contributed by atoms with E-state index in [1.807, 2.05) is 30.3 Å². The number of carbonyl (C=O) groups is 1. The first-order chi connectivity index (χ1) is 12.5. The lowest BCUT2D eigenvalue weighted by Crippen LogP contribution is -2.39. The Morgan fingerprint density at radius 1 is 0.923 bits per heavy atom. The molecule has 3 aromatic rings. The lowest BCUT2D eigenvalue weighted by Gasteiger charge is -2.17. The topological polar surface area (TPSA) is 95.5 Å². The number of sulfonamides is 1. The molecule has 3 rings (SSSR count). The molecule has 0 radical (unpaired) electrons. The molecule has 0 aromatic heterocycles. The number of carbonyl (C=O) groups excluding carboxylic acids is 1. The molecular weight excluding hydrogens is 352 g/mol. The minimum absolute atomic E-state index is 0.278. The van der Waals surface area contributed by atoms with E-state index in [2.05, 4.69) is 4.72 Å². The van der Waals surface area contributed by atoms with Gasteiger partial charge >= 0.3 is 0 Å². The summed E-state index contributed by atoms with van der Waals surface area (Å²) in [5, 5.41) is 10.9. The molecule has 1 atom stereocenters. The van der Waals surface area contributed by atoms with Crippen LogP contribution in [0.1, 0.15) is 17.2 Å². The number of nitrogens with one attached hydrogen (secondary N) is 2. The summed E-state index contributed by atoms with van der Waals surface area (Å²) >= 11 is 0. The van der Waals surface area contributed by atoms with Crippen LogP contribution in [-0.4, -0.2) is 19.5 Å². The van der Waals surface area contributed by atoms with E-state index in [0.29, 0.717) is 11.1 Å². The Morgan fingerprint density at radius 3 is 2.27 bits per heavy atom. The summed E-state index contributed by atoms with van der Waals surface area (Å²) in [6.07, 6.45) is 0. The molecule has 0 aliphatic rings. The van der Waals surface area contributed by atoms with Crippen molar-refractivity contribution < 1.29 is 18.4 Å². The average Bonchev–Trinajstić information content (AvgIpc) is 2.66. The molecule has 0 spiro atoms. The van der Waals surface area contributed by atoms with E-state index in [-0.39, 0.29) is 5.75 Å². The molecule has 26 heavy (non-hydrogen) atoms. The predicted octanol–water partition coefficient (Wildman–Crippen LogP) is 2.51. The van der Waals surface area contributed by atoms with Crippen molar-refractivity contribution >= 4 is 26.7 Å². The molecule has 134 valence electrons. The van der Waals surface area contributed by atoms with Crippen LogP contribution in [0.4, 0.5) is 0 Å². The smallest absolute Gasteiger partial charge is 0.266 e. The largest absolute Gasteiger partial charge is 0.289 e. The van der Waals surface area contributed by atoms with Crippen molar-refractivity contribution in [2.75, 3.05) is 0 Å². The van der Waals surface area contributed by atoms with Crippen molar-refractivity contribution in [3.63, 3.8) is 0 Å². The molecule has 0 bridgehead atoms. The zero-order chi connectivity index (χ0) is 18.6. The second kappa shape index (κ2) is 7.65. The molecule has 1 amide bonds. The summed E-state index contributed by atoms with van der Waals surface area (Å²) in [6, 6.07) is 20.2. The maximum absolute atomic E-state index is 12.6. The molecule has 7 heteroatoms. The Kier molecular flexibility index (Phi) is 5.32. The first-order valence-corrected chi connectivity index (χ1v) is 9.60. The van der Waals surface area contributed by atoms with E-state index in [1.54, 1.807) is 42.5 Å². The van der Waals surface area contributed by atoms with Gasteiger partial charge in [-0.15, -0.1) is 0 Å². The number of fused-ring (bicyclic) bond motifs is 1. The third-order valence-corrected chi connectivity index (χ3v) is 5.28. The molecule has 0 aliphatic heterocycles. The minimum atomic E-state index is -3.83. The highest BCUT2D eigenvalue weighted by Crippen LogP contribution is 2.19. The standard InChI is InChI=1S/C19H18N2O4S/c22-19(20-23)18(16-7-2-1-3-8-16)21-26(24,25)13-14-10-11-15-6-4-5-9-17(15)12-14/h1-12,18,21,23H,13H2,(H,20,22). The maximum atomic E-state index is 12.6.